The maximum Gasteiger partial charge on any atom is 0.329 e. The molecule has 0 aliphatic heterocycles. The standard InChI is InChI=1S/C15H11N5OS/c21-15-19-13-14(20(15)8-11-3-1-2-5-16-11)17-7-12(18-13)10-4-6-22-9-10/h1-7,9H,8H2,(H,18,19,21). The molecule has 0 radical (unpaired) electrons. The molecule has 7 heteroatoms. The van der Waals surface area contributed by atoms with Crippen molar-refractivity contribution in [3.05, 3.63) is 63.6 Å². The minimum atomic E-state index is -0.233. The van der Waals surface area contributed by atoms with Crippen LogP contribution in [0, 0.1) is 0 Å². The van der Waals surface area contributed by atoms with Gasteiger partial charge in [0.2, 0.25) is 0 Å². The second kappa shape index (κ2) is 5.19. The van der Waals surface area contributed by atoms with Gasteiger partial charge in [-0.25, -0.2) is 14.8 Å². The van der Waals surface area contributed by atoms with Crippen molar-refractivity contribution in [3.63, 3.8) is 0 Å². The summed E-state index contributed by atoms with van der Waals surface area (Å²) in [5.41, 5.74) is 3.34. The Labute approximate surface area is 129 Å². The summed E-state index contributed by atoms with van der Waals surface area (Å²) in [6.45, 7) is 0.367. The van der Waals surface area contributed by atoms with E-state index in [9.17, 15) is 4.79 Å². The number of hydrogen-bond donors (Lipinski definition) is 1. The average molecular weight is 309 g/mol. The lowest BCUT2D eigenvalue weighted by molar-refractivity contribution is 0.757. The van der Waals surface area contributed by atoms with Gasteiger partial charge in [-0.2, -0.15) is 11.3 Å². The molecule has 0 saturated heterocycles. The van der Waals surface area contributed by atoms with E-state index in [1.165, 1.54) is 0 Å². The van der Waals surface area contributed by atoms with E-state index in [0.29, 0.717) is 17.8 Å². The summed E-state index contributed by atoms with van der Waals surface area (Å²) < 4.78 is 1.54. The molecule has 0 spiro atoms. The molecule has 0 aromatic carbocycles. The van der Waals surface area contributed by atoms with Crippen LogP contribution in [0.1, 0.15) is 5.69 Å². The molecule has 0 aliphatic carbocycles. The molecule has 108 valence electrons. The number of pyridine rings is 1. The summed E-state index contributed by atoms with van der Waals surface area (Å²) in [4.78, 5) is 28.0. The Hall–Kier alpha value is -2.80. The number of imidazole rings is 1. The molecule has 22 heavy (non-hydrogen) atoms. The SMILES string of the molecule is O=c1[nH]c2nc(-c3ccsc3)cnc2n1Cc1ccccn1. The molecular weight excluding hydrogens is 298 g/mol. The summed E-state index contributed by atoms with van der Waals surface area (Å²) in [7, 11) is 0. The lowest BCUT2D eigenvalue weighted by atomic mass is 10.2. The maximum absolute atomic E-state index is 12.1. The van der Waals surface area contributed by atoms with Gasteiger partial charge in [-0.15, -0.1) is 0 Å². The zero-order valence-electron chi connectivity index (χ0n) is 11.4. The number of thiophene rings is 1. The van der Waals surface area contributed by atoms with Gasteiger partial charge in [0, 0.05) is 17.1 Å². The quantitative estimate of drug-likeness (QED) is 0.630. The first kappa shape index (κ1) is 12.9. The number of rotatable bonds is 3. The lowest BCUT2D eigenvalue weighted by Gasteiger charge is -2.02. The highest BCUT2D eigenvalue weighted by molar-refractivity contribution is 7.08. The number of fused-ring (bicyclic) bond motifs is 1. The van der Waals surface area contributed by atoms with Crippen LogP contribution in [0.5, 0.6) is 0 Å². The molecule has 0 amide bonds. The third-order valence-electron chi connectivity index (χ3n) is 3.34. The number of H-pyrrole nitrogens is 1. The summed E-state index contributed by atoms with van der Waals surface area (Å²) in [6.07, 6.45) is 3.39. The Bertz CT molecular complexity index is 972. The van der Waals surface area contributed by atoms with E-state index in [-0.39, 0.29) is 5.69 Å². The predicted octanol–water partition coefficient (Wildman–Crippen LogP) is 2.29. The molecule has 0 atom stereocenters. The molecule has 0 aliphatic rings. The minimum absolute atomic E-state index is 0.233. The van der Waals surface area contributed by atoms with Crippen LogP contribution in [0.25, 0.3) is 22.6 Å². The molecule has 6 nitrogen and oxygen atoms in total. The summed E-state index contributed by atoms with van der Waals surface area (Å²) in [5.74, 6) is 0. The predicted molar refractivity (Wildman–Crippen MR) is 84.8 cm³/mol. The third kappa shape index (κ3) is 2.21. The van der Waals surface area contributed by atoms with Gasteiger partial charge in [-0.1, -0.05) is 6.07 Å². The van der Waals surface area contributed by atoms with Crippen molar-refractivity contribution < 1.29 is 0 Å². The monoisotopic (exact) mass is 309 g/mol. The van der Waals surface area contributed by atoms with E-state index in [4.69, 9.17) is 0 Å². The summed E-state index contributed by atoms with van der Waals surface area (Å²) >= 11 is 1.60. The highest BCUT2D eigenvalue weighted by Gasteiger charge is 2.12. The second-order valence-corrected chi connectivity index (χ2v) is 5.56. The lowest BCUT2D eigenvalue weighted by Crippen LogP contribution is -2.18. The smallest absolute Gasteiger partial charge is 0.289 e. The van der Waals surface area contributed by atoms with Crippen molar-refractivity contribution in [1.82, 2.24) is 24.5 Å². The summed E-state index contributed by atoms with van der Waals surface area (Å²) in [6, 6.07) is 7.58. The van der Waals surface area contributed by atoms with Crippen LogP contribution >= 0.6 is 11.3 Å². The van der Waals surface area contributed by atoms with Crippen molar-refractivity contribution in [3.8, 4) is 11.3 Å². The van der Waals surface area contributed by atoms with Gasteiger partial charge in [0.05, 0.1) is 24.1 Å². The third-order valence-corrected chi connectivity index (χ3v) is 4.03. The van der Waals surface area contributed by atoms with E-state index in [1.807, 2.05) is 35.0 Å². The molecule has 0 bridgehead atoms. The first-order chi connectivity index (χ1) is 10.8. The molecule has 1 N–H and O–H groups in total. The summed E-state index contributed by atoms with van der Waals surface area (Å²) in [5, 5.41) is 3.98. The topological polar surface area (TPSA) is 76.5 Å². The van der Waals surface area contributed by atoms with Gasteiger partial charge in [-0.05, 0) is 23.6 Å². The van der Waals surface area contributed by atoms with Gasteiger partial charge >= 0.3 is 5.69 Å². The van der Waals surface area contributed by atoms with E-state index in [0.717, 1.165) is 17.0 Å². The van der Waals surface area contributed by atoms with Gasteiger partial charge < -0.3 is 0 Å². The molecule has 4 heterocycles. The number of aromatic amines is 1. The fourth-order valence-corrected chi connectivity index (χ4v) is 2.93. The van der Waals surface area contributed by atoms with Crippen LogP contribution in [0.2, 0.25) is 0 Å². The number of nitrogens with one attached hydrogen (secondary N) is 1. The Morgan fingerprint density at radius 3 is 2.95 bits per heavy atom. The maximum atomic E-state index is 12.1. The molecule has 0 unspecified atom stereocenters. The normalized spacial score (nSPS) is 11.1. The van der Waals surface area contributed by atoms with Crippen molar-refractivity contribution in [2.45, 2.75) is 6.54 Å². The molecule has 4 rings (SSSR count). The second-order valence-electron chi connectivity index (χ2n) is 4.78. The van der Waals surface area contributed by atoms with E-state index >= 15 is 0 Å². The minimum Gasteiger partial charge on any atom is -0.289 e. The van der Waals surface area contributed by atoms with Crippen molar-refractivity contribution in [2.24, 2.45) is 0 Å². The van der Waals surface area contributed by atoms with Crippen molar-refractivity contribution in [1.29, 1.82) is 0 Å². The zero-order chi connectivity index (χ0) is 14.9. The fraction of sp³-hybridized carbons (Fsp3) is 0.0667. The van der Waals surface area contributed by atoms with Crippen LogP contribution in [-0.2, 0) is 6.54 Å². The Morgan fingerprint density at radius 1 is 1.23 bits per heavy atom. The number of aromatic nitrogens is 5. The van der Waals surface area contributed by atoms with Gasteiger partial charge in [0.25, 0.3) is 0 Å². The molecule has 4 aromatic heterocycles. The van der Waals surface area contributed by atoms with Crippen molar-refractivity contribution >= 4 is 22.6 Å². The molecular formula is C15H11N5OS. The van der Waals surface area contributed by atoms with Crippen LogP contribution in [0.4, 0.5) is 0 Å². The Balaban J connectivity index is 1.80. The van der Waals surface area contributed by atoms with Gasteiger partial charge in [0.15, 0.2) is 11.3 Å². The Morgan fingerprint density at radius 2 is 2.18 bits per heavy atom. The highest BCUT2D eigenvalue weighted by Crippen LogP contribution is 2.20. The van der Waals surface area contributed by atoms with Crippen LogP contribution in [-0.4, -0.2) is 24.5 Å². The molecule has 0 saturated carbocycles. The zero-order valence-corrected chi connectivity index (χ0v) is 12.2. The van der Waals surface area contributed by atoms with Gasteiger partial charge in [-0.3, -0.25) is 14.5 Å². The van der Waals surface area contributed by atoms with E-state index in [2.05, 4.69) is 19.9 Å². The number of hydrogen-bond acceptors (Lipinski definition) is 5. The molecule has 4 aromatic rings. The molecule has 0 fully saturated rings. The van der Waals surface area contributed by atoms with E-state index in [1.54, 1.807) is 28.3 Å². The van der Waals surface area contributed by atoms with Crippen molar-refractivity contribution in [2.75, 3.05) is 0 Å². The van der Waals surface area contributed by atoms with Crippen LogP contribution in [0.3, 0.4) is 0 Å². The number of nitrogens with zero attached hydrogens (tertiary/aromatic N) is 4. The highest BCUT2D eigenvalue weighted by atomic mass is 32.1. The fourth-order valence-electron chi connectivity index (χ4n) is 2.28. The first-order valence-corrected chi connectivity index (χ1v) is 7.63. The van der Waals surface area contributed by atoms with Crippen LogP contribution < -0.4 is 5.69 Å². The Kier molecular flexibility index (Phi) is 3.05. The van der Waals surface area contributed by atoms with Gasteiger partial charge in [0.1, 0.15) is 0 Å². The first-order valence-electron chi connectivity index (χ1n) is 6.69. The van der Waals surface area contributed by atoms with E-state index < -0.39 is 0 Å². The largest absolute Gasteiger partial charge is 0.329 e. The average Bonchev–Trinajstić information content (AvgIpc) is 3.17. The van der Waals surface area contributed by atoms with Crippen LogP contribution in [0.15, 0.2) is 52.2 Å².